The molecule has 52 heavy (non-hydrogen) atoms. The summed E-state index contributed by atoms with van der Waals surface area (Å²) in [5.74, 6) is 0. The van der Waals surface area contributed by atoms with Crippen LogP contribution in [0.4, 0.5) is 17.1 Å². The number of rotatable bonds is 4. The van der Waals surface area contributed by atoms with E-state index in [-0.39, 0.29) is 5.41 Å². The fourth-order valence-electron chi connectivity index (χ4n) is 8.73. The van der Waals surface area contributed by atoms with Crippen LogP contribution in [0.5, 0.6) is 0 Å². The predicted octanol–water partition coefficient (Wildman–Crippen LogP) is 14.6. The Balaban J connectivity index is 1.13. The Hall–Kier alpha value is -6.16. The number of nitrogens with zero attached hydrogens (tertiary/aromatic N) is 1. The minimum absolute atomic E-state index is 0.118. The fourth-order valence-corrected chi connectivity index (χ4v) is 9.87. The number of fused-ring (bicyclic) bond motifs is 11. The van der Waals surface area contributed by atoms with Crippen molar-refractivity contribution >= 4 is 81.3 Å². The van der Waals surface area contributed by atoms with Crippen LogP contribution in [0.2, 0.25) is 0 Å². The molecule has 2 heterocycles. The molecule has 0 saturated carbocycles. The van der Waals surface area contributed by atoms with Crippen LogP contribution in [0.3, 0.4) is 0 Å². The summed E-state index contributed by atoms with van der Waals surface area (Å²) in [5, 5.41) is 7.20. The second-order valence-electron chi connectivity index (χ2n) is 14.5. The number of anilines is 3. The van der Waals surface area contributed by atoms with Gasteiger partial charge in [0.25, 0.3) is 0 Å². The summed E-state index contributed by atoms with van der Waals surface area (Å²) in [6, 6.07) is 59.8. The molecule has 0 bridgehead atoms. The molecular weight excluding hydrogens is 651 g/mol. The van der Waals surface area contributed by atoms with Crippen molar-refractivity contribution in [2.75, 3.05) is 4.90 Å². The predicted molar refractivity (Wildman–Crippen MR) is 222 cm³/mol. The molecule has 10 aromatic rings. The van der Waals surface area contributed by atoms with E-state index in [0.29, 0.717) is 0 Å². The van der Waals surface area contributed by atoms with Gasteiger partial charge in [-0.15, -0.1) is 11.3 Å². The second-order valence-corrected chi connectivity index (χ2v) is 15.6. The number of hydrogen-bond donors (Lipinski definition) is 0. The van der Waals surface area contributed by atoms with Crippen LogP contribution in [0.15, 0.2) is 168 Å². The monoisotopic (exact) mass is 683 g/mol. The van der Waals surface area contributed by atoms with Crippen LogP contribution >= 0.6 is 11.3 Å². The largest absolute Gasteiger partial charge is 0.453 e. The maximum atomic E-state index is 6.97. The molecular formula is C49H33NOS. The first-order valence-electron chi connectivity index (χ1n) is 17.9. The number of hydrogen-bond acceptors (Lipinski definition) is 3. The van der Waals surface area contributed by atoms with Gasteiger partial charge in [0, 0.05) is 53.0 Å². The summed E-state index contributed by atoms with van der Waals surface area (Å²) in [4.78, 5) is 2.42. The van der Waals surface area contributed by atoms with Crippen LogP contribution < -0.4 is 4.90 Å². The highest BCUT2D eigenvalue weighted by molar-refractivity contribution is 7.25. The van der Waals surface area contributed by atoms with Crippen molar-refractivity contribution in [3.8, 4) is 22.3 Å². The van der Waals surface area contributed by atoms with E-state index in [4.69, 9.17) is 4.42 Å². The second kappa shape index (κ2) is 10.9. The third kappa shape index (κ3) is 4.17. The van der Waals surface area contributed by atoms with Gasteiger partial charge in [-0.25, -0.2) is 0 Å². The maximum absolute atomic E-state index is 6.97. The summed E-state index contributed by atoms with van der Waals surface area (Å²) in [5.41, 5.74) is 12.6. The zero-order valence-electron chi connectivity index (χ0n) is 28.9. The van der Waals surface area contributed by atoms with Crippen molar-refractivity contribution in [1.82, 2.24) is 0 Å². The van der Waals surface area contributed by atoms with Crippen LogP contribution in [0.1, 0.15) is 25.0 Å². The number of thiophene rings is 1. The van der Waals surface area contributed by atoms with E-state index in [1.165, 1.54) is 58.9 Å². The molecule has 2 aromatic heterocycles. The summed E-state index contributed by atoms with van der Waals surface area (Å²) in [6.07, 6.45) is 0. The molecule has 0 radical (unpaired) electrons. The number of benzene rings is 8. The van der Waals surface area contributed by atoms with Crippen molar-refractivity contribution in [3.05, 3.63) is 175 Å². The van der Waals surface area contributed by atoms with Crippen LogP contribution in [0, 0.1) is 0 Å². The van der Waals surface area contributed by atoms with Crippen molar-refractivity contribution in [2.45, 2.75) is 19.3 Å². The highest BCUT2D eigenvalue weighted by Crippen LogP contribution is 2.55. The molecule has 1 aliphatic rings. The molecule has 0 atom stereocenters. The normalized spacial score (nSPS) is 13.3. The van der Waals surface area contributed by atoms with Crippen molar-refractivity contribution in [2.24, 2.45) is 0 Å². The van der Waals surface area contributed by atoms with Crippen LogP contribution in [-0.2, 0) is 5.41 Å². The molecule has 0 spiro atoms. The van der Waals surface area contributed by atoms with E-state index < -0.39 is 0 Å². The van der Waals surface area contributed by atoms with Crippen molar-refractivity contribution in [3.63, 3.8) is 0 Å². The molecule has 2 nitrogen and oxygen atoms in total. The molecule has 3 heteroatoms. The first-order valence-corrected chi connectivity index (χ1v) is 18.7. The molecule has 1 aliphatic carbocycles. The Kier molecular flexibility index (Phi) is 6.21. The van der Waals surface area contributed by atoms with Gasteiger partial charge in [0.2, 0.25) is 0 Å². The minimum Gasteiger partial charge on any atom is -0.453 e. The molecule has 8 aromatic carbocycles. The van der Waals surface area contributed by atoms with Gasteiger partial charge in [0.15, 0.2) is 5.58 Å². The van der Waals surface area contributed by atoms with Crippen LogP contribution in [0.25, 0.3) is 75.1 Å². The lowest BCUT2D eigenvalue weighted by atomic mass is 9.82. The topological polar surface area (TPSA) is 16.4 Å². The van der Waals surface area contributed by atoms with E-state index >= 15 is 0 Å². The van der Waals surface area contributed by atoms with E-state index in [1.54, 1.807) is 0 Å². The minimum atomic E-state index is -0.118. The van der Waals surface area contributed by atoms with E-state index in [2.05, 4.69) is 183 Å². The lowest BCUT2D eigenvalue weighted by Gasteiger charge is -2.29. The fraction of sp³-hybridized carbons (Fsp3) is 0.0612. The number of para-hydroxylation sites is 1. The van der Waals surface area contributed by atoms with E-state index in [1.807, 2.05) is 11.3 Å². The Morgan fingerprint density at radius 1 is 0.481 bits per heavy atom. The average Bonchev–Trinajstić information content (AvgIpc) is 3.84. The van der Waals surface area contributed by atoms with Gasteiger partial charge in [0.1, 0.15) is 5.58 Å². The summed E-state index contributed by atoms with van der Waals surface area (Å²) in [6.45, 7) is 4.69. The lowest BCUT2D eigenvalue weighted by molar-refractivity contribution is 0.660. The van der Waals surface area contributed by atoms with Gasteiger partial charge in [-0.2, -0.15) is 0 Å². The zero-order valence-corrected chi connectivity index (χ0v) is 29.7. The first-order chi connectivity index (χ1) is 25.5. The molecule has 0 unspecified atom stereocenters. The first kappa shape index (κ1) is 29.6. The molecule has 0 N–H and O–H groups in total. The van der Waals surface area contributed by atoms with Crippen molar-refractivity contribution in [1.29, 1.82) is 0 Å². The van der Waals surface area contributed by atoms with Crippen molar-refractivity contribution < 1.29 is 4.42 Å². The zero-order chi connectivity index (χ0) is 34.6. The molecule has 0 fully saturated rings. The quantitative estimate of drug-likeness (QED) is 0.184. The SMILES string of the molecule is CC1(C)c2ccccc2-c2c(N(c3ccc(-c4ccc5c(c4)sc4ccccc45)cc3)c3cccc4c3oc3c5ccccc5ccc43)cccc21. The van der Waals surface area contributed by atoms with E-state index in [0.717, 1.165) is 44.4 Å². The highest BCUT2D eigenvalue weighted by atomic mass is 32.1. The standard InChI is InChI=1S/C49H33NOS/c1-49(2)40-16-7-5-14-39(40)46-41(49)17-10-18-42(46)50(43-19-9-15-37-38-28-23-31-11-3-4-12-34(31)47(38)51-48(37)43)33-25-21-30(22-26-33)32-24-27-36-35-13-6-8-20-44(35)52-45(36)29-32/h3-29H,1-2H3. The Morgan fingerprint density at radius 3 is 2.04 bits per heavy atom. The van der Waals surface area contributed by atoms with Gasteiger partial charge in [-0.1, -0.05) is 135 Å². The molecule has 0 saturated heterocycles. The Morgan fingerprint density at radius 2 is 1.13 bits per heavy atom. The third-order valence-electron chi connectivity index (χ3n) is 11.3. The third-order valence-corrected chi connectivity index (χ3v) is 12.4. The highest BCUT2D eigenvalue weighted by Gasteiger charge is 2.38. The lowest BCUT2D eigenvalue weighted by Crippen LogP contribution is -2.16. The average molecular weight is 684 g/mol. The maximum Gasteiger partial charge on any atom is 0.159 e. The number of furan rings is 1. The Bertz CT molecular complexity index is 3050. The molecule has 11 rings (SSSR count). The van der Waals surface area contributed by atoms with Gasteiger partial charge in [-0.05, 0) is 75.7 Å². The summed E-state index contributed by atoms with van der Waals surface area (Å²) < 4.78 is 9.61. The molecule has 246 valence electrons. The van der Waals surface area contributed by atoms with Gasteiger partial charge >= 0.3 is 0 Å². The summed E-state index contributed by atoms with van der Waals surface area (Å²) >= 11 is 1.86. The molecule has 0 amide bonds. The smallest absolute Gasteiger partial charge is 0.159 e. The van der Waals surface area contributed by atoms with Gasteiger partial charge in [-0.3, -0.25) is 0 Å². The van der Waals surface area contributed by atoms with Gasteiger partial charge in [0.05, 0.1) is 11.4 Å². The molecule has 0 aliphatic heterocycles. The van der Waals surface area contributed by atoms with E-state index in [9.17, 15) is 0 Å². The van der Waals surface area contributed by atoms with Gasteiger partial charge < -0.3 is 9.32 Å². The Labute approximate surface area is 305 Å². The summed E-state index contributed by atoms with van der Waals surface area (Å²) in [7, 11) is 0. The van der Waals surface area contributed by atoms with Crippen LogP contribution in [-0.4, -0.2) is 0 Å².